The third kappa shape index (κ3) is 5.10. The van der Waals surface area contributed by atoms with E-state index in [2.05, 4.69) is 44.9 Å². The van der Waals surface area contributed by atoms with Gasteiger partial charge < -0.3 is 20.1 Å². The number of methoxy groups -OCH3 is 2. The molecule has 0 aliphatic rings. The number of hydrogen-bond donors (Lipinski definition) is 2. The zero-order valence-electron chi connectivity index (χ0n) is 15.8. The summed E-state index contributed by atoms with van der Waals surface area (Å²) >= 11 is 0. The van der Waals surface area contributed by atoms with E-state index in [1.54, 1.807) is 14.2 Å². The Balaban J connectivity index is 1.70. The highest BCUT2D eigenvalue weighted by molar-refractivity contribution is 5.67. The standard InChI is InChI=1S/C21H24N4O2/c1-15-23-20(22-12-11-16-7-5-4-6-8-16)14-21(24-15)25-18-10-9-17(26-2)13-19(18)27-3/h4-10,13-14H,11-12H2,1-3H3,(H2,22,23,24,25). The van der Waals surface area contributed by atoms with Crippen LogP contribution in [0.5, 0.6) is 11.5 Å². The second-order valence-electron chi connectivity index (χ2n) is 6.04. The van der Waals surface area contributed by atoms with E-state index in [1.165, 1.54) is 5.56 Å². The van der Waals surface area contributed by atoms with Crippen molar-refractivity contribution in [3.63, 3.8) is 0 Å². The van der Waals surface area contributed by atoms with Crippen LogP contribution in [0.4, 0.5) is 17.3 Å². The van der Waals surface area contributed by atoms with Crippen molar-refractivity contribution < 1.29 is 9.47 Å². The lowest BCUT2D eigenvalue weighted by atomic mass is 10.1. The second-order valence-corrected chi connectivity index (χ2v) is 6.04. The maximum atomic E-state index is 5.43. The van der Waals surface area contributed by atoms with E-state index in [4.69, 9.17) is 9.47 Å². The van der Waals surface area contributed by atoms with E-state index >= 15 is 0 Å². The molecule has 0 atom stereocenters. The number of ether oxygens (including phenoxy) is 2. The lowest BCUT2D eigenvalue weighted by molar-refractivity contribution is 0.395. The van der Waals surface area contributed by atoms with Gasteiger partial charge in [0.05, 0.1) is 19.9 Å². The molecule has 1 aromatic heterocycles. The van der Waals surface area contributed by atoms with Crippen molar-refractivity contribution in [1.82, 2.24) is 9.97 Å². The number of hydrogen-bond acceptors (Lipinski definition) is 6. The first-order valence-electron chi connectivity index (χ1n) is 8.80. The topological polar surface area (TPSA) is 68.3 Å². The summed E-state index contributed by atoms with van der Waals surface area (Å²) in [4.78, 5) is 8.93. The van der Waals surface area contributed by atoms with Crippen LogP contribution in [0.1, 0.15) is 11.4 Å². The molecule has 2 N–H and O–H groups in total. The van der Waals surface area contributed by atoms with Crippen LogP contribution in [0, 0.1) is 6.92 Å². The molecule has 0 fully saturated rings. The lowest BCUT2D eigenvalue weighted by Crippen LogP contribution is -2.08. The SMILES string of the molecule is COc1ccc(Nc2cc(NCCc3ccccc3)nc(C)n2)c(OC)c1. The van der Waals surface area contributed by atoms with Crippen LogP contribution in [0.2, 0.25) is 0 Å². The number of rotatable bonds is 8. The van der Waals surface area contributed by atoms with Gasteiger partial charge in [0.25, 0.3) is 0 Å². The Morgan fingerprint density at radius 2 is 1.67 bits per heavy atom. The summed E-state index contributed by atoms with van der Waals surface area (Å²) in [5.74, 6) is 3.60. The molecule has 0 bridgehead atoms. The Hall–Kier alpha value is -3.28. The van der Waals surface area contributed by atoms with Crippen molar-refractivity contribution in [1.29, 1.82) is 0 Å². The fraction of sp³-hybridized carbons (Fsp3) is 0.238. The van der Waals surface area contributed by atoms with Crippen LogP contribution in [-0.4, -0.2) is 30.7 Å². The van der Waals surface area contributed by atoms with Crippen molar-refractivity contribution in [3.8, 4) is 11.5 Å². The van der Waals surface area contributed by atoms with Crippen LogP contribution in [0.25, 0.3) is 0 Å². The van der Waals surface area contributed by atoms with E-state index in [0.29, 0.717) is 17.4 Å². The molecule has 6 nitrogen and oxygen atoms in total. The highest BCUT2D eigenvalue weighted by Gasteiger charge is 2.08. The van der Waals surface area contributed by atoms with Gasteiger partial charge in [-0.2, -0.15) is 0 Å². The summed E-state index contributed by atoms with van der Waals surface area (Å²) in [5, 5.41) is 6.66. The first-order valence-corrected chi connectivity index (χ1v) is 8.80. The Labute approximate surface area is 159 Å². The molecule has 0 unspecified atom stereocenters. The van der Waals surface area contributed by atoms with Crippen molar-refractivity contribution in [2.75, 3.05) is 31.4 Å². The van der Waals surface area contributed by atoms with Crippen LogP contribution in [0.3, 0.4) is 0 Å². The van der Waals surface area contributed by atoms with Gasteiger partial charge in [-0.3, -0.25) is 0 Å². The van der Waals surface area contributed by atoms with Crippen LogP contribution in [0.15, 0.2) is 54.6 Å². The summed E-state index contributed by atoms with van der Waals surface area (Å²) in [6.45, 7) is 2.67. The molecule has 0 spiro atoms. The number of aromatic nitrogens is 2. The minimum absolute atomic E-state index is 0.684. The largest absolute Gasteiger partial charge is 0.497 e. The highest BCUT2D eigenvalue weighted by Crippen LogP contribution is 2.31. The van der Waals surface area contributed by atoms with Gasteiger partial charge in [-0.15, -0.1) is 0 Å². The Bertz CT molecular complexity index is 885. The summed E-state index contributed by atoms with van der Waals surface area (Å²) in [7, 11) is 3.25. The zero-order valence-corrected chi connectivity index (χ0v) is 15.8. The van der Waals surface area contributed by atoms with E-state index < -0.39 is 0 Å². The van der Waals surface area contributed by atoms with Crippen LogP contribution >= 0.6 is 0 Å². The third-order valence-corrected chi connectivity index (χ3v) is 4.07. The smallest absolute Gasteiger partial charge is 0.146 e. The molecule has 3 aromatic rings. The summed E-state index contributed by atoms with van der Waals surface area (Å²) in [6, 6.07) is 17.9. The molecule has 3 rings (SSSR count). The van der Waals surface area contributed by atoms with Gasteiger partial charge in [0.2, 0.25) is 0 Å². The molecule has 0 aliphatic heterocycles. The Morgan fingerprint density at radius 3 is 2.41 bits per heavy atom. The van der Waals surface area contributed by atoms with Crippen LogP contribution < -0.4 is 20.1 Å². The normalized spacial score (nSPS) is 10.3. The Morgan fingerprint density at radius 1 is 0.889 bits per heavy atom. The maximum absolute atomic E-state index is 5.43. The van der Waals surface area contributed by atoms with Gasteiger partial charge in [-0.05, 0) is 31.0 Å². The summed E-state index contributed by atoms with van der Waals surface area (Å²) in [5.41, 5.74) is 2.10. The maximum Gasteiger partial charge on any atom is 0.146 e. The fourth-order valence-corrected chi connectivity index (χ4v) is 2.74. The minimum atomic E-state index is 0.684. The average Bonchev–Trinajstić information content (AvgIpc) is 2.69. The number of nitrogens with zero attached hydrogens (tertiary/aromatic N) is 2. The van der Waals surface area contributed by atoms with Crippen molar-refractivity contribution in [2.24, 2.45) is 0 Å². The first kappa shape index (κ1) is 18.5. The summed E-state index contributed by atoms with van der Waals surface area (Å²) < 4.78 is 10.7. The number of nitrogens with one attached hydrogen (secondary N) is 2. The van der Waals surface area contributed by atoms with Crippen molar-refractivity contribution in [3.05, 3.63) is 66.0 Å². The molecule has 0 saturated heterocycles. The quantitative estimate of drug-likeness (QED) is 0.624. The minimum Gasteiger partial charge on any atom is -0.497 e. The molecular formula is C21H24N4O2. The van der Waals surface area contributed by atoms with Crippen molar-refractivity contribution in [2.45, 2.75) is 13.3 Å². The van der Waals surface area contributed by atoms with Gasteiger partial charge in [-0.1, -0.05) is 30.3 Å². The van der Waals surface area contributed by atoms with E-state index in [9.17, 15) is 0 Å². The number of benzene rings is 2. The monoisotopic (exact) mass is 364 g/mol. The first-order chi connectivity index (χ1) is 13.2. The van der Waals surface area contributed by atoms with Gasteiger partial charge in [-0.25, -0.2) is 9.97 Å². The van der Waals surface area contributed by atoms with Crippen LogP contribution in [-0.2, 0) is 6.42 Å². The fourth-order valence-electron chi connectivity index (χ4n) is 2.74. The molecule has 0 saturated carbocycles. The number of anilines is 3. The molecule has 27 heavy (non-hydrogen) atoms. The second kappa shape index (κ2) is 8.89. The molecular weight excluding hydrogens is 340 g/mol. The highest BCUT2D eigenvalue weighted by atomic mass is 16.5. The van der Waals surface area contributed by atoms with E-state index in [-0.39, 0.29) is 0 Å². The van der Waals surface area contributed by atoms with E-state index in [0.717, 1.165) is 30.2 Å². The third-order valence-electron chi connectivity index (χ3n) is 4.07. The number of aryl methyl sites for hydroxylation is 1. The Kier molecular flexibility index (Phi) is 6.10. The molecule has 6 heteroatoms. The van der Waals surface area contributed by atoms with Gasteiger partial charge in [0.1, 0.15) is 29.0 Å². The molecule has 0 aliphatic carbocycles. The predicted octanol–water partition coefficient (Wildman–Crippen LogP) is 4.20. The summed E-state index contributed by atoms with van der Waals surface area (Å²) in [6.07, 6.45) is 0.930. The lowest BCUT2D eigenvalue weighted by Gasteiger charge is -2.13. The zero-order chi connectivity index (χ0) is 19.1. The van der Waals surface area contributed by atoms with Gasteiger partial charge in [0, 0.05) is 18.7 Å². The van der Waals surface area contributed by atoms with E-state index in [1.807, 2.05) is 37.3 Å². The molecule has 0 amide bonds. The van der Waals surface area contributed by atoms with Crippen molar-refractivity contribution >= 4 is 17.3 Å². The van der Waals surface area contributed by atoms with Gasteiger partial charge in [0.15, 0.2) is 0 Å². The molecule has 0 radical (unpaired) electrons. The average molecular weight is 364 g/mol. The molecule has 1 heterocycles. The molecule has 140 valence electrons. The van der Waals surface area contributed by atoms with Gasteiger partial charge >= 0.3 is 0 Å². The molecule has 2 aromatic carbocycles. The predicted molar refractivity (Wildman–Crippen MR) is 108 cm³/mol.